The van der Waals surface area contributed by atoms with E-state index in [0.717, 1.165) is 19.3 Å². The Morgan fingerprint density at radius 3 is 2.67 bits per heavy atom. The van der Waals surface area contributed by atoms with Crippen molar-refractivity contribution in [1.82, 2.24) is 0 Å². The molecular formula is C8H13N3O. The van der Waals surface area contributed by atoms with Gasteiger partial charge in [0.1, 0.15) is 0 Å². The summed E-state index contributed by atoms with van der Waals surface area (Å²) in [5.41, 5.74) is 8.23. The summed E-state index contributed by atoms with van der Waals surface area (Å²) in [6, 6.07) is -0.236. The minimum Gasteiger partial charge on any atom is -0.393 e. The molecule has 1 aliphatic carbocycles. The summed E-state index contributed by atoms with van der Waals surface area (Å²) in [5.74, 6) is 0. The summed E-state index contributed by atoms with van der Waals surface area (Å²) in [4.78, 5) is 2.72. The third-order valence-electron chi connectivity index (χ3n) is 2.07. The van der Waals surface area contributed by atoms with Gasteiger partial charge in [0, 0.05) is 4.91 Å². The molecule has 4 heteroatoms. The Labute approximate surface area is 71.5 Å². The van der Waals surface area contributed by atoms with Gasteiger partial charge in [-0.3, -0.25) is 0 Å². The molecule has 66 valence electrons. The van der Waals surface area contributed by atoms with Crippen molar-refractivity contribution in [3.05, 3.63) is 22.6 Å². The molecule has 0 aromatic heterocycles. The lowest BCUT2D eigenvalue weighted by Gasteiger charge is -2.18. The van der Waals surface area contributed by atoms with Crippen molar-refractivity contribution in [3.8, 4) is 0 Å². The van der Waals surface area contributed by atoms with Gasteiger partial charge >= 0.3 is 0 Å². The van der Waals surface area contributed by atoms with Crippen LogP contribution in [0.3, 0.4) is 0 Å². The van der Waals surface area contributed by atoms with Crippen molar-refractivity contribution in [2.24, 2.45) is 5.11 Å². The van der Waals surface area contributed by atoms with Gasteiger partial charge in [-0.15, -0.1) is 0 Å². The van der Waals surface area contributed by atoms with Crippen molar-refractivity contribution in [1.29, 1.82) is 0 Å². The van der Waals surface area contributed by atoms with Gasteiger partial charge in [0.05, 0.1) is 12.1 Å². The molecule has 0 heterocycles. The molecule has 0 aromatic rings. The number of hydrogen-bond donors (Lipinski definition) is 1. The monoisotopic (exact) mass is 167 g/mol. The number of aliphatic hydroxyl groups excluding tert-OH is 1. The standard InChI is InChI=1S/C8H13N3O/c9-11-10-7-5-3-1-2-4-6-8(7)12/h1-2,7-8,12H,3-6H2. The second-order valence-electron chi connectivity index (χ2n) is 2.97. The first-order chi connectivity index (χ1) is 5.84. The molecule has 0 saturated heterocycles. The second kappa shape index (κ2) is 4.80. The van der Waals surface area contributed by atoms with Crippen molar-refractivity contribution in [3.63, 3.8) is 0 Å². The van der Waals surface area contributed by atoms with E-state index in [0.29, 0.717) is 6.42 Å². The van der Waals surface area contributed by atoms with E-state index in [1.807, 2.05) is 0 Å². The molecule has 0 bridgehead atoms. The Balaban J connectivity index is 2.57. The highest BCUT2D eigenvalue weighted by atomic mass is 16.3. The number of hydrogen-bond acceptors (Lipinski definition) is 2. The first-order valence-electron chi connectivity index (χ1n) is 4.22. The number of allylic oxidation sites excluding steroid dienone is 2. The fourth-order valence-electron chi connectivity index (χ4n) is 1.36. The minimum atomic E-state index is -0.467. The lowest BCUT2D eigenvalue weighted by molar-refractivity contribution is 0.131. The highest BCUT2D eigenvalue weighted by Crippen LogP contribution is 2.16. The summed E-state index contributed by atoms with van der Waals surface area (Å²) in [6.07, 6.45) is 6.88. The maximum atomic E-state index is 9.51. The van der Waals surface area contributed by atoms with E-state index in [-0.39, 0.29) is 6.04 Å². The van der Waals surface area contributed by atoms with Gasteiger partial charge in [0.15, 0.2) is 0 Å². The maximum Gasteiger partial charge on any atom is 0.0636 e. The van der Waals surface area contributed by atoms with E-state index >= 15 is 0 Å². The first kappa shape index (κ1) is 9.10. The van der Waals surface area contributed by atoms with Crippen LogP contribution < -0.4 is 0 Å². The van der Waals surface area contributed by atoms with E-state index in [1.54, 1.807) is 0 Å². The van der Waals surface area contributed by atoms with Crippen LogP contribution in [0, 0.1) is 0 Å². The van der Waals surface area contributed by atoms with Gasteiger partial charge in [-0.25, -0.2) is 0 Å². The average Bonchev–Trinajstić information content (AvgIpc) is 2.05. The third kappa shape index (κ3) is 2.57. The smallest absolute Gasteiger partial charge is 0.0636 e. The summed E-state index contributed by atoms with van der Waals surface area (Å²) < 4.78 is 0. The van der Waals surface area contributed by atoms with Crippen LogP contribution in [-0.4, -0.2) is 17.3 Å². The molecule has 0 aliphatic heterocycles. The normalized spacial score (nSPS) is 30.1. The average molecular weight is 167 g/mol. The minimum absolute atomic E-state index is 0.236. The van der Waals surface area contributed by atoms with Gasteiger partial charge < -0.3 is 5.11 Å². The van der Waals surface area contributed by atoms with Gasteiger partial charge in [-0.05, 0) is 31.2 Å². The number of rotatable bonds is 1. The molecule has 2 atom stereocenters. The Kier molecular flexibility index (Phi) is 3.64. The molecule has 2 unspecified atom stereocenters. The lowest BCUT2D eigenvalue weighted by atomic mass is 9.99. The Bertz CT molecular complexity index is 208. The fourth-order valence-corrected chi connectivity index (χ4v) is 1.36. The zero-order chi connectivity index (χ0) is 8.81. The Hall–Kier alpha value is -0.990. The van der Waals surface area contributed by atoms with E-state index in [1.165, 1.54) is 0 Å². The molecule has 0 fully saturated rings. The molecule has 0 spiro atoms. The highest BCUT2D eigenvalue weighted by molar-refractivity contribution is 4.90. The fraction of sp³-hybridized carbons (Fsp3) is 0.750. The van der Waals surface area contributed by atoms with E-state index < -0.39 is 6.10 Å². The SMILES string of the molecule is [N-]=[N+]=NC1CCC=CCCC1O. The van der Waals surface area contributed by atoms with E-state index in [4.69, 9.17) is 5.53 Å². The zero-order valence-electron chi connectivity index (χ0n) is 6.93. The topological polar surface area (TPSA) is 69.0 Å². The van der Waals surface area contributed by atoms with Crippen LogP contribution in [0.1, 0.15) is 25.7 Å². The van der Waals surface area contributed by atoms with Gasteiger partial charge in [0.25, 0.3) is 0 Å². The number of nitrogens with zero attached hydrogens (tertiary/aromatic N) is 3. The highest BCUT2D eigenvalue weighted by Gasteiger charge is 2.17. The molecular weight excluding hydrogens is 154 g/mol. The predicted molar refractivity (Wildman–Crippen MR) is 46.5 cm³/mol. The van der Waals surface area contributed by atoms with E-state index in [9.17, 15) is 5.11 Å². The van der Waals surface area contributed by atoms with Crippen LogP contribution >= 0.6 is 0 Å². The number of azide groups is 1. The Morgan fingerprint density at radius 2 is 2.00 bits per heavy atom. The first-order valence-corrected chi connectivity index (χ1v) is 4.22. The van der Waals surface area contributed by atoms with Gasteiger partial charge in [-0.1, -0.05) is 17.3 Å². The van der Waals surface area contributed by atoms with Crippen LogP contribution in [0.25, 0.3) is 10.4 Å². The lowest BCUT2D eigenvalue weighted by Crippen LogP contribution is -2.24. The zero-order valence-corrected chi connectivity index (χ0v) is 6.93. The summed E-state index contributed by atoms with van der Waals surface area (Å²) in [6.45, 7) is 0. The van der Waals surface area contributed by atoms with Crippen molar-refractivity contribution < 1.29 is 5.11 Å². The second-order valence-corrected chi connectivity index (χ2v) is 2.97. The molecule has 1 rings (SSSR count). The van der Waals surface area contributed by atoms with Crippen molar-refractivity contribution in [2.75, 3.05) is 0 Å². The number of aliphatic hydroxyl groups is 1. The molecule has 0 radical (unpaired) electrons. The van der Waals surface area contributed by atoms with Gasteiger partial charge in [0.2, 0.25) is 0 Å². The molecule has 0 aromatic carbocycles. The maximum absolute atomic E-state index is 9.51. The van der Waals surface area contributed by atoms with Crippen LogP contribution in [0.2, 0.25) is 0 Å². The molecule has 0 saturated carbocycles. The van der Waals surface area contributed by atoms with Crippen molar-refractivity contribution >= 4 is 0 Å². The van der Waals surface area contributed by atoms with Crippen LogP contribution in [0.15, 0.2) is 17.3 Å². The van der Waals surface area contributed by atoms with Gasteiger partial charge in [-0.2, -0.15) is 0 Å². The molecule has 12 heavy (non-hydrogen) atoms. The summed E-state index contributed by atoms with van der Waals surface area (Å²) in [7, 11) is 0. The largest absolute Gasteiger partial charge is 0.393 e. The van der Waals surface area contributed by atoms with E-state index in [2.05, 4.69) is 22.2 Å². The summed E-state index contributed by atoms with van der Waals surface area (Å²) >= 11 is 0. The third-order valence-corrected chi connectivity index (χ3v) is 2.07. The molecule has 4 nitrogen and oxygen atoms in total. The Morgan fingerprint density at radius 1 is 1.33 bits per heavy atom. The molecule has 1 aliphatic rings. The quantitative estimate of drug-likeness (QED) is 0.276. The molecule has 0 amide bonds. The molecule has 1 N–H and O–H groups in total. The van der Waals surface area contributed by atoms with Crippen LogP contribution in [-0.2, 0) is 0 Å². The predicted octanol–water partition coefficient (Wildman–Crippen LogP) is 2.16. The van der Waals surface area contributed by atoms with Crippen LogP contribution in [0.5, 0.6) is 0 Å². The summed E-state index contributed by atoms with van der Waals surface area (Å²) in [5, 5.41) is 13.1. The van der Waals surface area contributed by atoms with Crippen LogP contribution in [0.4, 0.5) is 0 Å². The van der Waals surface area contributed by atoms with Crippen molar-refractivity contribution in [2.45, 2.75) is 37.8 Å².